The van der Waals surface area contributed by atoms with Crippen LogP contribution in [0.3, 0.4) is 0 Å². The number of hydrogen-bond acceptors (Lipinski definition) is 5. The van der Waals surface area contributed by atoms with Crippen LogP contribution in [0.4, 0.5) is 5.69 Å². The number of benzene rings is 2. The highest BCUT2D eigenvalue weighted by Gasteiger charge is 2.23. The van der Waals surface area contributed by atoms with Crippen molar-refractivity contribution in [2.24, 2.45) is 0 Å². The third-order valence-corrected chi connectivity index (χ3v) is 5.55. The van der Waals surface area contributed by atoms with Gasteiger partial charge in [0, 0.05) is 6.54 Å². The Morgan fingerprint density at radius 2 is 1.73 bits per heavy atom. The molecular weight excluding hydrogens is 404 g/mol. The maximum absolute atomic E-state index is 12.4. The molecule has 0 saturated carbocycles. The van der Waals surface area contributed by atoms with E-state index in [9.17, 15) is 13.2 Å². The molecule has 30 heavy (non-hydrogen) atoms. The number of para-hydroxylation sites is 3. The molecule has 164 valence electrons. The molecule has 0 atom stereocenters. The van der Waals surface area contributed by atoms with Crippen LogP contribution in [0.25, 0.3) is 0 Å². The van der Waals surface area contributed by atoms with Crippen molar-refractivity contribution >= 4 is 21.6 Å². The predicted octanol–water partition coefficient (Wildman–Crippen LogP) is 3.00. The van der Waals surface area contributed by atoms with Gasteiger partial charge in [-0.15, -0.1) is 0 Å². The Bertz CT molecular complexity index is 931. The molecule has 0 heterocycles. The second-order valence-corrected chi connectivity index (χ2v) is 8.76. The van der Waals surface area contributed by atoms with E-state index >= 15 is 0 Å². The van der Waals surface area contributed by atoms with Gasteiger partial charge in [0.25, 0.3) is 0 Å². The number of ether oxygens (including phenoxy) is 2. The maximum atomic E-state index is 12.4. The van der Waals surface area contributed by atoms with Crippen LogP contribution >= 0.6 is 0 Å². The van der Waals surface area contributed by atoms with Crippen LogP contribution in [0, 0.1) is 0 Å². The number of sulfonamides is 1. The highest BCUT2D eigenvalue weighted by Crippen LogP contribution is 2.29. The van der Waals surface area contributed by atoms with E-state index in [-0.39, 0.29) is 12.5 Å². The Morgan fingerprint density at radius 3 is 2.40 bits per heavy atom. The number of carbonyl (C=O) groups excluding carboxylic acids is 1. The van der Waals surface area contributed by atoms with Crippen molar-refractivity contribution in [3.8, 4) is 11.5 Å². The standard InChI is InChI=1S/C22H30N2O5S/c1-4-16-29-20-13-7-5-10-18(20)11-9-15-23-22(25)17-24(30(3,26)27)19-12-6-8-14-21(19)28-2/h5-8,10,12-14H,4,9,11,15-17H2,1-3H3,(H,23,25). The Morgan fingerprint density at radius 1 is 1.07 bits per heavy atom. The van der Waals surface area contributed by atoms with Crippen molar-refractivity contribution in [3.05, 3.63) is 54.1 Å². The van der Waals surface area contributed by atoms with Gasteiger partial charge in [-0.25, -0.2) is 8.42 Å². The number of amides is 1. The van der Waals surface area contributed by atoms with Gasteiger partial charge < -0.3 is 14.8 Å². The Hall–Kier alpha value is -2.74. The van der Waals surface area contributed by atoms with Gasteiger partial charge in [-0.1, -0.05) is 37.3 Å². The number of aryl methyl sites for hydroxylation is 1. The fourth-order valence-electron chi connectivity index (χ4n) is 2.97. The zero-order chi connectivity index (χ0) is 22.0. The summed E-state index contributed by atoms with van der Waals surface area (Å²) in [7, 11) is -2.20. The molecule has 0 fully saturated rings. The number of anilines is 1. The molecule has 0 saturated heterocycles. The third kappa shape index (κ3) is 6.95. The lowest BCUT2D eigenvalue weighted by atomic mass is 10.1. The molecule has 0 aliphatic rings. The molecule has 0 aliphatic carbocycles. The van der Waals surface area contributed by atoms with Crippen LogP contribution < -0.4 is 19.1 Å². The van der Waals surface area contributed by atoms with Gasteiger partial charge in [0.15, 0.2) is 0 Å². The first-order valence-corrected chi connectivity index (χ1v) is 11.8. The van der Waals surface area contributed by atoms with Crippen LogP contribution in [0.1, 0.15) is 25.3 Å². The molecule has 8 heteroatoms. The summed E-state index contributed by atoms with van der Waals surface area (Å²) in [5.74, 6) is 0.881. The lowest BCUT2D eigenvalue weighted by Gasteiger charge is -2.23. The summed E-state index contributed by atoms with van der Waals surface area (Å²) in [6, 6.07) is 14.6. The number of nitrogens with zero attached hydrogens (tertiary/aromatic N) is 1. The lowest BCUT2D eigenvalue weighted by Crippen LogP contribution is -2.40. The Balaban J connectivity index is 1.93. The zero-order valence-corrected chi connectivity index (χ0v) is 18.6. The Kier molecular flexibility index (Phi) is 8.98. The predicted molar refractivity (Wildman–Crippen MR) is 119 cm³/mol. The second kappa shape index (κ2) is 11.4. The second-order valence-electron chi connectivity index (χ2n) is 6.85. The van der Waals surface area contributed by atoms with Crippen LogP contribution in [0.5, 0.6) is 11.5 Å². The summed E-state index contributed by atoms with van der Waals surface area (Å²) in [6.07, 6.45) is 3.47. The highest BCUT2D eigenvalue weighted by atomic mass is 32.2. The summed E-state index contributed by atoms with van der Waals surface area (Å²) < 4.78 is 36.5. The summed E-state index contributed by atoms with van der Waals surface area (Å²) in [6.45, 7) is 2.85. The quantitative estimate of drug-likeness (QED) is 0.519. The van der Waals surface area contributed by atoms with Crippen molar-refractivity contribution in [2.75, 3.05) is 37.4 Å². The highest BCUT2D eigenvalue weighted by molar-refractivity contribution is 7.92. The molecule has 0 unspecified atom stereocenters. The van der Waals surface area contributed by atoms with Gasteiger partial charge in [-0.2, -0.15) is 0 Å². The summed E-state index contributed by atoms with van der Waals surface area (Å²) >= 11 is 0. The molecule has 2 aromatic rings. The van der Waals surface area contributed by atoms with Gasteiger partial charge in [0.2, 0.25) is 15.9 Å². The van der Waals surface area contributed by atoms with Crippen LogP contribution in [-0.4, -0.2) is 47.4 Å². The molecule has 0 bridgehead atoms. The number of nitrogens with one attached hydrogen (secondary N) is 1. The van der Waals surface area contributed by atoms with E-state index in [2.05, 4.69) is 12.2 Å². The van der Waals surface area contributed by atoms with Gasteiger partial charge in [-0.05, 0) is 43.0 Å². The normalized spacial score (nSPS) is 11.0. The average molecular weight is 435 g/mol. The summed E-state index contributed by atoms with van der Waals surface area (Å²) in [5, 5.41) is 2.80. The topological polar surface area (TPSA) is 84.9 Å². The zero-order valence-electron chi connectivity index (χ0n) is 17.8. The number of hydrogen-bond donors (Lipinski definition) is 1. The molecule has 2 rings (SSSR count). The van der Waals surface area contributed by atoms with E-state index in [1.807, 2.05) is 24.3 Å². The SMILES string of the molecule is CCCOc1ccccc1CCCNC(=O)CN(c1ccccc1OC)S(C)(=O)=O. The van der Waals surface area contributed by atoms with Crippen molar-refractivity contribution in [3.63, 3.8) is 0 Å². The van der Waals surface area contributed by atoms with E-state index in [1.54, 1.807) is 24.3 Å². The lowest BCUT2D eigenvalue weighted by molar-refractivity contribution is -0.119. The van der Waals surface area contributed by atoms with Crippen LogP contribution in [0.2, 0.25) is 0 Å². The minimum absolute atomic E-state index is 0.310. The fraction of sp³-hybridized carbons (Fsp3) is 0.409. The fourth-order valence-corrected chi connectivity index (χ4v) is 3.83. The number of methoxy groups -OCH3 is 1. The minimum Gasteiger partial charge on any atom is -0.495 e. The first-order chi connectivity index (χ1) is 14.4. The van der Waals surface area contributed by atoms with E-state index in [1.165, 1.54) is 7.11 Å². The average Bonchev–Trinajstić information content (AvgIpc) is 2.73. The largest absolute Gasteiger partial charge is 0.495 e. The molecule has 2 aromatic carbocycles. The van der Waals surface area contributed by atoms with Crippen LogP contribution in [-0.2, 0) is 21.2 Å². The van der Waals surface area contributed by atoms with Crippen molar-refractivity contribution in [1.82, 2.24) is 5.32 Å². The van der Waals surface area contributed by atoms with Crippen LogP contribution in [0.15, 0.2) is 48.5 Å². The number of rotatable bonds is 12. The molecule has 0 spiro atoms. The first-order valence-electron chi connectivity index (χ1n) is 9.95. The van der Waals surface area contributed by atoms with Crippen molar-refractivity contribution in [1.29, 1.82) is 0 Å². The van der Waals surface area contributed by atoms with Gasteiger partial charge >= 0.3 is 0 Å². The van der Waals surface area contributed by atoms with Gasteiger partial charge in [-0.3, -0.25) is 9.10 Å². The molecular formula is C22H30N2O5S. The number of carbonyl (C=O) groups is 1. The van der Waals surface area contributed by atoms with Crippen molar-refractivity contribution < 1.29 is 22.7 Å². The van der Waals surface area contributed by atoms with E-state index in [0.717, 1.165) is 34.7 Å². The van der Waals surface area contributed by atoms with E-state index < -0.39 is 10.0 Å². The monoisotopic (exact) mass is 434 g/mol. The Labute approximate surface area is 179 Å². The van der Waals surface area contributed by atoms with E-state index in [4.69, 9.17) is 9.47 Å². The molecule has 7 nitrogen and oxygen atoms in total. The first kappa shape index (κ1) is 23.5. The molecule has 0 aromatic heterocycles. The van der Waals surface area contributed by atoms with E-state index in [0.29, 0.717) is 31.0 Å². The molecule has 0 aliphatic heterocycles. The smallest absolute Gasteiger partial charge is 0.240 e. The third-order valence-electron chi connectivity index (χ3n) is 4.42. The summed E-state index contributed by atoms with van der Waals surface area (Å²) in [5.41, 5.74) is 1.42. The molecule has 1 amide bonds. The molecule has 1 N–H and O–H groups in total. The maximum Gasteiger partial charge on any atom is 0.240 e. The molecule has 0 radical (unpaired) electrons. The van der Waals surface area contributed by atoms with Gasteiger partial charge in [0.05, 0.1) is 25.7 Å². The minimum atomic E-state index is -3.66. The van der Waals surface area contributed by atoms with Crippen molar-refractivity contribution in [2.45, 2.75) is 26.2 Å². The van der Waals surface area contributed by atoms with Gasteiger partial charge in [0.1, 0.15) is 18.0 Å². The summed E-state index contributed by atoms with van der Waals surface area (Å²) in [4.78, 5) is 12.4.